The lowest BCUT2D eigenvalue weighted by Gasteiger charge is -2.32. The highest BCUT2D eigenvalue weighted by molar-refractivity contribution is 7.88. The first kappa shape index (κ1) is 21.1. The van der Waals surface area contributed by atoms with Crippen molar-refractivity contribution in [1.82, 2.24) is 9.62 Å². The summed E-state index contributed by atoms with van der Waals surface area (Å²) in [7, 11) is -3.32. The molecule has 9 heteroatoms. The van der Waals surface area contributed by atoms with Crippen LogP contribution in [0.2, 0.25) is 0 Å². The zero-order chi connectivity index (χ0) is 20.9. The van der Waals surface area contributed by atoms with Crippen LogP contribution in [0.4, 0.5) is 14.9 Å². The molecule has 156 valence electrons. The summed E-state index contributed by atoms with van der Waals surface area (Å²) in [5.74, 6) is 0.0610. The fourth-order valence-electron chi connectivity index (χ4n) is 3.23. The lowest BCUT2D eigenvalue weighted by Crippen LogP contribution is -2.50. The van der Waals surface area contributed by atoms with E-state index in [4.69, 9.17) is 4.74 Å². The molecule has 0 radical (unpaired) electrons. The Kier molecular flexibility index (Phi) is 6.71. The normalized spacial score (nSPS) is 17.0. The van der Waals surface area contributed by atoms with E-state index in [1.54, 1.807) is 35.2 Å². The summed E-state index contributed by atoms with van der Waals surface area (Å²) in [5, 5.41) is 2.84. The predicted molar refractivity (Wildman–Crippen MR) is 109 cm³/mol. The number of carbonyl (C=O) groups excluding carboxylic acids is 1. The van der Waals surface area contributed by atoms with Gasteiger partial charge in [-0.1, -0.05) is 18.2 Å². The fourth-order valence-corrected chi connectivity index (χ4v) is 4.02. The number of carbonyl (C=O) groups is 1. The van der Waals surface area contributed by atoms with Crippen LogP contribution in [0.15, 0.2) is 48.5 Å². The molecule has 0 bridgehead atoms. The summed E-state index contributed by atoms with van der Waals surface area (Å²) in [6.07, 6.45) is 2.54. The number of rotatable bonds is 6. The second kappa shape index (κ2) is 9.23. The Morgan fingerprint density at radius 3 is 2.79 bits per heavy atom. The molecule has 1 fully saturated rings. The van der Waals surface area contributed by atoms with Gasteiger partial charge in [-0.05, 0) is 42.7 Å². The molecule has 0 saturated carbocycles. The summed E-state index contributed by atoms with van der Waals surface area (Å²) in [6, 6.07) is 12.5. The van der Waals surface area contributed by atoms with E-state index in [0.29, 0.717) is 30.9 Å². The van der Waals surface area contributed by atoms with Gasteiger partial charge in [-0.25, -0.2) is 22.3 Å². The molecule has 0 unspecified atom stereocenters. The minimum absolute atomic E-state index is 0.233. The molecule has 2 aromatic rings. The van der Waals surface area contributed by atoms with Gasteiger partial charge in [0.25, 0.3) is 0 Å². The van der Waals surface area contributed by atoms with Crippen LogP contribution in [-0.4, -0.2) is 44.7 Å². The molecule has 0 spiro atoms. The van der Waals surface area contributed by atoms with Crippen molar-refractivity contribution in [2.24, 2.45) is 0 Å². The van der Waals surface area contributed by atoms with E-state index < -0.39 is 10.0 Å². The van der Waals surface area contributed by atoms with Gasteiger partial charge in [-0.15, -0.1) is 0 Å². The van der Waals surface area contributed by atoms with Crippen molar-refractivity contribution < 1.29 is 22.3 Å². The van der Waals surface area contributed by atoms with Crippen molar-refractivity contribution in [3.05, 3.63) is 59.9 Å². The van der Waals surface area contributed by atoms with Gasteiger partial charge in [0, 0.05) is 30.9 Å². The van der Waals surface area contributed by atoms with Gasteiger partial charge in [0.15, 0.2) is 0 Å². The van der Waals surface area contributed by atoms with Crippen LogP contribution in [0.5, 0.6) is 5.75 Å². The molecule has 0 aromatic heterocycles. The monoisotopic (exact) mass is 421 g/mol. The van der Waals surface area contributed by atoms with Crippen LogP contribution < -0.4 is 14.8 Å². The maximum absolute atomic E-state index is 13.2. The van der Waals surface area contributed by atoms with Crippen molar-refractivity contribution in [3.8, 4) is 5.75 Å². The highest BCUT2D eigenvalue weighted by Crippen LogP contribution is 2.18. The molecule has 1 aliphatic heterocycles. The van der Waals surface area contributed by atoms with E-state index in [9.17, 15) is 17.6 Å². The molecule has 1 saturated heterocycles. The summed E-state index contributed by atoms with van der Waals surface area (Å²) < 4.78 is 44.2. The van der Waals surface area contributed by atoms with Gasteiger partial charge in [-0.3, -0.25) is 0 Å². The number of hydrogen-bond donors (Lipinski definition) is 2. The number of anilines is 1. The van der Waals surface area contributed by atoms with Gasteiger partial charge in [0.05, 0.1) is 6.26 Å². The molecule has 2 N–H and O–H groups in total. The van der Waals surface area contributed by atoms with Crippen LogP contribution in [-0.2, 0) is 16.6 Å². The molecule has 2 aromatic carbocycles. The molecular weight excluding hydrogens is 397 g/mol. The molecular formula is C20H24FN3O4S. The highest BCUT2D eigenvalue weighted by atomic mass is 32.2. The van der Waals surface area contributed by atoms with E-state index >= 15 is 0 Å². The number of nitrogens with zero attached hydrogens (tertiary/aromatic N) is 1. The van der Waals surface area contributed by atoms with Crippen molar-refractivity contribution in [1.29, 1.82) is 0 Å². The Balaban J connectivity index is 1.57. The van der Waals surface area contributed by atoms with Crippen LogP contribution in [0.25, 0.3) is 0 Å². The number of sulfonamides is 1. The second-order valence-corrected chi connectivity index (χ2v) is 8.83. The third kappa shape index (κ3) is 6.72. The van der Waals surface area contributed by atoms with Gasteiger partial charge >= 0.3 is 6.03 Å². The van der Waals surface area contributed by atoms with Crippen molar-refractivity contribution in [2.45, 2.75) is 25.5 Å². The lowest BCUT2D eigenvalue weighted by molar-refractivity contribution is 0.190. The van der Waals surface area contributed by atoms with Crippen molar-refractivity contribution >= 4 is 21.7 Å². The van der Waals surface area contributed by atoms with Gasteiger partial charge < -0.3 is 15.0 Å². The van der Waals surface area contributed by atoms with Crippen LogP contribution in [0, 0.1) is 5.82 Å². The number of piperidine rings is 1. The standard InChI is InChI=1S/C20H24FN3O4S/c1-29(26,27)23-18-8-4-10-24(13-18)20(25)22-17-7-2-5-15(11-17)14-28-19-9-3-6-16(21)12-19/h2-3,5-7,9,11-12,18,23H,4,8,10,13-14H2,1H3,(H,22,25)/t18-/m1/s1. The maximum atomic E-state index is 13.2. The number of urea groups is 1. The molecule has 29 heavy (non-hydrogen) atoms. The molecule has 3 rings (SSSR count). The largest absolute Gasteiger partial charge is 0.489 e. The molecule has 7 nitrogen and oxygen atoms in total. The number of ether oxygens (including phenoxy) is 1. The zero-order valence-electron chi connectivity index (χ0n) is 16.1. The molecule has 1 aliphatic rings. The third-order valence-electron chi connectivity index (χ3n) is 4.47. The average molecular weight is 421 g/mol. The Hall–Kier alpha value is -2.65. The number of amides is 2. The summed E-state index contributed by atoms with van der Waals surface area (Å²) >= 11 is 0. The summed E-state index contributed by atoms with van der Waals surface area (Å²) in [6.45, 7) is 1.12. The van der Waals surface area contributed by atoms with E-state index in [2.05, 4.69) is 10.0 Å². The Morgan fingerprint density at radius 1 is 1.24 bits per heavy atom. The molecule has 0 aliphatic carbocycles. The second-order valence-electron chi connectivity index (χ2n) is 7.05. The minimum atomic E-state index is -3.32. The first-order valence-corrected chi connectivity index (χ1v) is 11.2. The first-order chi connectivity index (χ1) is 13.8. The summed E-state index contributed by atoms with van der Waals surface area (Å²) in [5.41, 5.74) is 1.43. The molecule has 1 heterocycles. The number of nitrogens with one attached hydrogen (secondary N) is 2. The fraction of sp³-hybridized carbons (Fsp3) is 0.350. The maximum Gasteiger partial charge on any atom is 0.321 e. The van der Waals surface area contributed by atoms with Crippen LogP contribution in [0.1, 0.15) is 18.4 Å². The SMILES string of the molecule is CS(=O)(=O)N[C@@H]1CCCN(C(=O)Nc2cccc(COc3cccc(F)c3)c2)C1. The Morgan fingerprint density at radius 2 is 2.03 bits per heavy atom. The smallest absolute Gasteiger partial charge is 0.321 e. The van der Waals surface area contributed by atoms with Crippen LogP contribution >= 0.6 is 0 Å². The summed E-state index contributed by atoms with van der Waals surface area (Å²) in [4.78, 5) is 14.2. The number of likely N-dealkylation sites (tertiary alicyclic amines) is 1. The van der Waals surface area contributed by atoms with Gasteiger partial charge in [0.1, 0.15) is 18.2 Å². The minimum Gasteiger partial charge on any atom is -0.489 e. The van der Waals surface area contributed by atoms with E-state index in [1.807, 2.05) is 6.07 Å². The van der Waals surface area contributed by atoms with E-state index in [1.165, 1.54) is 12.1 Å². The number of benzene rings is 2. The van der Waals surface area contributed by atoms with Gasteiger partial charge in [-0.2, -0.15) is 0 Å². The molecule has 1 atom stereocenters. The number of halogens is 1. The average Bonchev–Trinajstić information content (AvgIpc) is 2.66. The highest BCUT2D eigenvalue weighted by Gasteiger charge is 2.25. The third-order valence-corrected chi connectivity index (χ3v) is 5.23. The first-order valence-electron chi connectivity index (χ1n) is 9.29. The predicted octanol–water partition coefficient (Wildman–Crippen LogP) is 2.95. The topological polar surface area (TPSA) is 87.7 Å². The lowest BCUT2D eigenvalue weighted by atomic mass is 10.1. The van der Waals surface area contributed by atoms with E-state index in [-0.39, 0.29) is 24.5 Å². The van der Waals surface area contributed by atoms with Gasteiger partial charge in [0.2, 0.25) is 10.0 Å². The number of hydrogen-bond acceptors (Lipinski definition) is 4. The van der Waals surface area contributed by atoms with Crippen molar-refractivity contribution in [2.75, 3.05) is 24.7 Å². The van der Waals surface area contributed by atoms with Crippen LogP contribution in [0.3, 0.4) is 0 Å². The Labute approximate surface area is 169 Å². The molecule has 2 amide bonds. The zero-order valence-corrected chi connectivity index (χ0v) is 16.9. The Bertz CT molecular complexity index is 968. The van der Waals surface area contributed by atoms with Crippen molar-refractivity contribution in [3.63, 3.8) is 0 Å². The van der Waals surface area contributed by atoms with E-state index in [0.717, 1.165) is 18.2 Å². The quantitative estimate of drug-likeness (QED) is 0.751.